The van der Waals surface area contributed by atoms with E-state index < -0.39 is 0 Å². The molecule has 118 valence electrons. The Kier molecular flexibility index (Phi) is 5.57. The highest BCUT2D eigenvalue weighted by molar-refractivity contribution is 5.12. The van der Waals surface area contributed by atoms with Crippen LogP contribution in [0.2, 0.25) is 0 Å². The van der Waals surface area contributed by atoms with Crippen LogP contribution >= 0.6 is 0 Å². The summed E-state index contributed by atoms with van der Waals surface area (Å²) in [6.07, 6.45) is 6.49. The van der Waals surface area contributed by atoms with Crippen molar-refractivity contribution >= 4 is 0 Å². The molecule has 2 unspecified atom stereocenters. The van der Waals surface area contributed by atoms with Crippen molar-refractivity contribution in [2.75, 3.05) is 0 Å². The fourth-order valence-electron chi connectivity index (χ4n) is 2.75. The van der Waals surface area contributed by atoms with Gasteiger partial charge in [-0.15, -0.1) is 5.10 Å². The lowest BCUT2D eigenvalue weighted by atomic mass is 9.85. The summed E-state index contributed by atoms with van der Waals surface area (Å²) in [7, 11) is 0. The van der Waals surface area contributed by atoms with Crippen LogP contribution in [-0.4, -0.2) is 21.8 Å². The van der Waals surface area contributed by atoms with E-state index in [0.717, 1.165) is 31.0 Å². The molecule has 0 aromatic carbocycles. The molecule has 2 rings (SSSR count). The summed E-state index contributed by atoms with van der Waals surface area (Å²) in [4.78, 5) is 0. The Morgan fingerprint density at radius 2 is 2.05 bits per heavy atom. The van der Waals surface area contributed by atoms with Gasteiger partial charge in [-0.05, 0) is 52.0 Å². The molecule has 4 nitrogen and oxygen atoms in total. The highest BCUT2D eigenvalue weighted by atomic mass is 16.5. The Balaban J connectivity index is 1.84. The highest BCUT2D eigenvalue weighted by Gasteiger charge is 2.22. The summed E-state index contributed by atoms with van der Waals surface area (Å²) >= 11 is 0. The van der Waals surface area contributed by atoms with Crippen molar-refractivity contribution in [2.45, 2.75) is 78.0 Å². The maximum absolute atomic E-state index is 5.99. The van der Waals surface area contributed by atoms with Gasteiger partial charge in [-0.1, -0.05) is 19.8 Å². The van der Waals surface area contributed by atoms with Gasteiger partial charge in [0.1, 0.15) is 6.10 Å². The molecule has 1 aliphatic carbocycles. The topological polar surface area (TPSA) is 47.0 Å². The van der Waals surface area contributed by atoms with Gasteiger partial charge in [0.05, 0.1) is 5.69 Å². The Labute approximate surface area is 128 Å². The predicted molar refractivity (Wildman–Crippen MR) is 85.3 cm³/mol. The van der Waals surface area contributed by atoms with E-state index in [4.69, 9.17) is 4.74 Å². The SMILES string of the molecule is CCC1CCCC(Oc2ccc(CNC(C)(C)C)nn2)C1. The molecule has 0 aliphatic heterocycles. The zero-order valence-corrected chi connectivity index (χ0v) is 13.9. The van der Waals surface area contributed by atoms with Crippen molar-refractivity contribution in [3.63, 3.8) is 0 Å². The molecule has 1 aromatic heterocycles. The van der Waals surface area contributed by atoms with Crippen molar-refractivity contribution in [1.29, 1.82) is 0 Å². The number of ether oxygens (including phenoxy) is 1. The number of aromatic nitrogens is 2. The Hall–Kier alpha value is -1.16. The van der Waals surface area contributed by atoms with Crippen molar-refractivity contribution in [1.82, 2.24) is 15.5 Å². The smallest absolute Gasteiger partial charge is 0.233 e. The minimum atomic E-state index is 0.0914. The largest absolute Gasteiger partial charge is 0.473 e. The minimum absolute atomic E-state index is 0.0914. The van der Waals surface area contributed by atoms with Crippen LogP contribution < -0.4 is 10.1 Å². The van der Waals surface area contributed by atoms with E-state index in [1.807, 2.05) is 12.1 Å². The van der Waals surface area contributed by atoms with Crippen LogP contribution in [0.15, 0.2) is 12.1 Å². The summed E-state index contributed by atoms with van der Waals surface area (Å²) < 4.78 is 5.99. The van der Waals surface area contributed by atoms with Crippen molar-refractivity contribution in [2.24, 2.45) is 5.92 Å². The molecule has 1 fully saturated rings. The van der Waals surface area contributed by atoms with Gasteiger partial charge in [-0.3, -0.25) is 0 Å². The third-order valence-corrected chi connectivity index (χ3v) is 4.09. The normalized spacial score (nSPS) is 23.0. The summed E-state index contributed by atoms with van der Waals surface area (Å²) in [5.41, 5.74) is 1.04. The minimum Gasteiger partial charge on any atom is -0.473 e. The van der Waals surface area contributed by atoms with Gasteiger partial charge in [0.2, 0.25) is 5.88 Å². The lowest BCUT2D eigenvalue weighted by Gasteiger charge is -2.28. The molecule has 0 bridgehead atoms. The summed E-state index contributed by atoms with van der Waals surface area (Å²) in [6.45, 7) is 9.43. The quantitative estimate of drug-likeness (QED) is 0.898. The van der Waals surface area contributed by atoms with Gasteiger partial charge in [-0.2, -0.15) is 5.10 Å². The average Bonchev–Trinajstić information content (AvgIpc) is 2.46. The highest BCUT2D eigenvalue weighted by Crippen LogP contribution is 2.28. The molecule has 21 heavy (non-hydrogen) atoms. The molecular formula is C17H29N3O. The molecule has 4 heteroatoms. The first kappa shape index (κ1) is 16.2. The zero-order chi connectivity index (χ0) is 15.3. The van der Waals surface area contributed by atoms with Gasteiger partial charge < -0.3 is 10.1 Å². The number of hydrogen-bond acceptors (Lipinski definition) is 4. The number of hydrogen-bond donors (Lipinski definition) is 1. The van der Waals surface area contributed by atoms with Crippen LogP contribution in [0.4, 0.5) is 0 Å². The lowest BCUT2D eigenvalue weighted by molar-refractivity contribution is 0.116. The lowest BCUT2D eigenvalue weighted by Crippen LogP contribution is -2.35. The van der Waals surface area contributed by atoms with Crippen molar-refractivity contribution in [3.05, 3.63) is 17.8 Å². The molecule has 0 spiro atoms. The van der Waals surface area contributed by atoms with E-state index in [-0.39, 0.29) is 5.54 Å². The summed E-state index contributed by atoms with van der Waals surface area (Å²) in [5.74, 6) is 1.48. The van der Waals surface area contributed by atoms with Gasteiger partial charge in [-0.25, -0.2) is 0 Å². The van der Waals surface area contributed by atoms with E-state index in [1.54, 1.807) is 0 Å². The van der Waals surface area contributed by atoms with Gasteiger partial charge >= 0.3 is 0 Å². The Bertz CT molecular complexity index is 425. The van der Waals surface area contributed by atoms with Gasteiger partial charge in [0.25, 0.3) is 0 Å². The molecule has 1 saturated carbocycles. The van der Waals surface area contributed by atoms with Crippen molar-refractivity contribution in [3.8, 4) is 5.88 Å². The maximum atomic E-state index is 5.99. The van der Waals surface area contributed by atoms with Crippen LogP contribution in [0.3, 0.4) is 0 Å². The van der Waals surface area contributed by atoms with Crippen LogP contribution in [0.1, 0.15) is 65.5 Å². The standard InChI is InChI=1S/C17H29N3O/c1-5-13-7-6-8-15(11-13)21-16-10-9-14(19-20-16)12-18-17(2,3)4/h9-10,13,15,18H,5-8,11-12H2,1-4H3. The van der Waals surface area contributed by atoms with Crippen LogP contribution in [-0.2, 0) is 6.54 Å². The monoisotopic (exact) mass is 291 g/mol. The molecule has 1 N–H and O–H groups in total. The molecule has 0 amide bonds. The molecule has 0 radical (unpaired) electrons. The molecular weight excluding hydrogens is 262 g/mol. The van der Waals surface area contributed by atoms with E-state index in [0.29, 0.717) is 12.0 Å². The number of nitrogens with one attached hydrogen (secondary N) is 1. The number of rotatable bonds is 5. The summed E-state index contributed by atoms with van der Waals surface area (Å²) in [5, 5.41) is 11.9. The van der Waals surface area contributed by atoms with E-state index >= 15 is 0 Å². The molecule has 1 heterocycles. The first-order valence-electron chi connectivity index (χ1n) is 8.20. The molecule has 0 saturated heterocycles. The third kappa shape index (κ3) is 5.62. The Morgan fingerprint density at radius 1 is 1.24 bits per heavy atom. The first-order valence-corrected chi connectivity index (χ1v) is 8.20. The number of nitrogens with zero attached hydrogens (tertiary/aromatic N) is 2. The molecule has 1 aliphatic rings. The van der Waals surface area contributed by atoms with Crippen molar-refractivity contribution < 1.29 is 4.74 Å². The zero-order valence-electron chi connectivity index (χ0n) is 13.9. The second kappa shape index (κ2) is 7.21. The maximum Gasteiger partial charge on any atom is 0.233 e. The van der Waals surface area contributed by atoms with Gasteiger partial charge in [0, 0.05) is 18.2 Å². The first-order chi connectivity index (χ1) is 9.96. The van der Waals surface area contributed by atoms with Crippen LogP contribution in [0.25, 0.3) is 0 Å². The van der Waals surface area contributed by atoms with E-state index in [2.05, 4.69) is 43.2 Å². The molecule has 1 aromatic rings. The fraction of sp³-hybridized carbons (Fsp3) is 0.765. The second-order valence-electron chi connectivity index (χ2n) is 7.15. The van der Waals surface area contributed by atoms with E-state index in [9.17, 15) is 0 Å². The second-order valence-corrected chi connectivity index (χ2v) is 7.15. The Morgan fingerprint density at radius 3 is 2.67 bits per heavy atom. The van der Waals surface area contributed by atoms with Crippen LogP contribution in [0.5, 0.6) is 5.88 Å². The predicted octanol–water partition coefficient (Wildman–Crippen LogP) is 3.71. The average molecular weight is 291 g/mol. The third-order valence-electron chi connectivity index (χ3n) is 4.09. The fourth-order valence-corrected chi connectivity index (χ4v) is 2.75. The summed E-state index contributed by atoms with van der Waals surface area (Å²) in [6, 6.07) is 3.95. The van der Waals surface area contributed by atoms with E-state index in [1.165, 1.54) is 19.3 Å². The van der Waals surface area contributed by atoms with Crippen LogP contribution in [0, 0.1) is 5.92 Å². The molecule has 2 atom stereocenters. The van der Waals surface area contributed by atoms with Gasteiger partial charge in [0.15, 0.2) is 0 Å².